The van der Waals surface area contributed by atoms with E-state index < -0.39 is 0 Å². The van der Waals surface area contributed by atoms with E-state index in [2.05, 4.69) is 15.9 Å². The van der Waals surface area contributed by atoms with E-state index in [1.165, 1.54) is 6.07 Å². The van der Waals surface area contributed by atoms with Gasteiger partial charge in [-0.2, -0.15) is 0 Å². The number of aryl methyl sites for hydroxylation is 2. The lowest BCUT2D eigenvalue weighted by molar-refractivity contribution is 0.302. The molecule has 0 saturated heterocycles. The maximum absolute atomic E-state index is 13.5. The monoisotopic (exact) mass is 323 g/mol. The summed E-state index contributed by atoms with van der Waals surface area (Å²) in [5.74, 6) is 0.277. The van der Waals surface area contributed by atoms with Gasteiger partial charge in [0.15, 0.2) is 0 Å². The van der Waals surface area contributed by atoms with Gasteiger partial charge in [-0.3, -0.25) is 0 Å². The Morgan fingerprint density at radius 1 is 1.21 bits per heavy atom. The minimum Gasteiger partial charge on any atom is -0.488 e. The van der Waals surface area contributed by atoms with Crippen molar-refractivity contribution in [1.29, 1.82) is 0 Å². The zero-order valence-electron chi connectivity index (χ0n) is 10.8. The molecule has 2 N–H and O–H groups in total. The van der Waals surface area contributed by atoms with Gasteiger partial charge in [0, 0.05) is 21.8 Å². The van der Waals surface area contributed by atoms with Crippen LogP contribution in [0.15, 0.2) is 34.8 Å². The number of hydrogen-bond acceptors (Lipinski definition) is 2. The van der Waals surface area contributed by atoms with Crippen molar-refractivity contribution >= 4 is 21.6 Å². The number of halogens is 2. The highest BCUT2D eigenvalue weighted by Gasteiger charge is 2.08. The number of anilines is 1. The van der Waals surface area contributed by atoms with Gasteiger partial charge in [-0.15, -0.1) is 0 Å². The van der Waals surface area contributed by atoms with Crippen LogP contribution >= 0.6 is 15.9 Å². The van der Waals surface area contributed by atoms with Gasteiger partial charge in [0.1, 0.15) is 18.2 Å². The summed E-state index contributed by atoms with van der Waals surface area (Å²) in [5, 5.41) is 0. The highest BCUT2D eigenvalue weighted by atomic mass is 79.9. The summed E-state index contributed by atoms with van der Waals surface area (Å²) < 4.78 is 20.1. The summed E-state index contributed by atoms with van der Waals surface area (Å²) in [6.45, 7) is 3.93. The Morgan fingerprint density at radius 3 is 2.63 bits per heavy atom. The fourth-order valence-corrected chi connectivity index (χ4v) is 2.34. The molecule has 0 unspecified atom stereocenters. The summed E-state index contributed by atoms with van der Waals surface area (Å²) >= 11 is 3.43. The topological polar surface area (TPSA) is 35.2 Å². The fraction of sp³-hybridized carbons (Fsp3) is 0.200. The first-order valence-corrected chi connectivity index (χ1v) is 6.70. The number of rotatable bonds is 3. The highest BCUT2D eigenvalue weighted by molar-refractivity contribution is 9.10. The van der Waals surface area contributed by atoms with Crippen LogP contribution in [-0.2, 0) is 6.61 Å². The molecule has 4 heteroatoms. The van der Waals surface area contributed by atoms with Crippen molar-refractivity contribution in [2.75, 3.05) is 5.73 Å². The second kappa shape index (κ2) is 5.61. The smallest absolute Gasteiger partial charge is 0.129 e. The van der Waals surface area contributed by atoms with Crippen LogP contribution in [-0.4, -0.2) is 0 Å². The molecule has 2 aromatic rings. The third kappa shape index (κ3) is 3.07. The Bertz CT molecular complexity index is 593. The van der Waals surface area contributed by atoms with E-state index in [4.69, 9.17) is 10.5 Å². The van der Waals surface area contributed by atoms with Gasteiger partial charge in [0.2, 0.25) is 0 Å². The fourth-order valence-electron chi connectivity index (χ4n) is 1.84. The van der Waals surface area contributed by atoms with Crippen molar-refractivity contribution in [3.63, 3.8) is 0 Å². The molecule has 0 aromatic heterocycles. The summed E-state index contributed by atoms with van der Waals surface area (Å²) in [6.07, 6.45) is 0. The SMILES string of the molecule is Cc1cc(C)c(OCc2c(N)cccc2Br)cc1F. The predicted octanol–water partition coefficient (Wildman–Crippen LogP) is 4.37. The number of hydrogen-bond donors (Lipinski definition) is 1. The molecule has 0 spiro atoms. The van der Waals surface area contributed by atoms with E-state index in [9.17, 15) is 4.39 Å². The van der Waals surface area contributed by atoms with E-state index in [-0.39, 0.29) is 5.82 Å². The van der Waals surface area contributed by atoms with Gasteiger partial charge < -0.3 is 10.5 Å². The van der Waals surface area contributed by atoms with Gasteiger partial charge in [-0.05, 0) is 43.2 Å². The van der Waals surface area contributed by atoms with Crippen LogP contribution in [0.25, 0.3) is 0 Å². The standard InChI is InChI=1S/C15H15BrFNO/c1-9-6-10(2)15(7-13(9)17)19-8-11-12(16)4-3-5-14(11)18/h3-7H,8,18H2,1-2H3. The van der Waals surface area contributed by atoms with E-state index in [0.717, 1.165) is 15.6 Å². The maximum Gasteiger partial charge on any atom is 0.129 e. The molecule has 19 heavy (non-hydrogen) atoms. The van der Waals surface area contributed by atoms with Gasteiger partial charge in [0.05, 0.1) is 0 Å². The minimum atomic E-state index is -0.263. The largest absolute Gasteiger partial charge is 0.488 e. The lowest BCUT2D eigenvalue weighted by Crippen LogP contribution is -2.02. The second-order valence-corrected chi connectivity index (χ2v) is 5.32. The molecular weight excluding hydrogens is 309 g/mol. The molecule has 0 bridgehead atoms. The van der Waals surface area contributed by atoms with Gasteiger partial charge in [-0.1, -0.05) is 22.0 Å². The molecule has 0 aliphatic heterocycles. The Labute approximate surface area is 120 Å². The highest BCUT2D eigenvalue weighted by Crippen LogP contribution is 2.27. The normalized spacial score (nSPS) is 10.5. The number of ether oxygens (including phenoxy) is 1. The third-order valence-corrected chi connectivity index (χ3v) is 3.73. The molecular formula is C15H15BrFNO. The first-order valence-electron chi connectivity index (χ1n) is 5.91. The molecule has 2 nitrogen and oxygen atoms in total. The summed E-state index contributed by atoms with van der Waals surface area (Å²) in [6, 6.07) is 8.76. The van der Waals surface area contributed by atoms with Crippen LogP contribution in [0, 0.1) is 19.7 Å². The minimum absolute atomic E-state index is 0.263. The van der Waals surface area contributed by atoms with Crippen molar-refractivity contribution < 1.29 is 9.13 Å². The van der Waals surface area contributed by atoms with Gasteiger partial charge >= 0.3 is 0 Å². The van der Waals surface area contributed by atoms with E-state index in [1.54, 1.807) is 13.0 Å². The summed E-state index contributed by atoms with van der Waals surface area (Å²) in [7, 11) is 0. The average Bonchev–Trinajstić information content (AvgIpc) is 2.34. The molecule has 0 radical (unpaired) electrons. The van der Waals surface area contributed by atoms with Gasteiger partial charge in [-0.25, -0.2) is 4.39 Å². The van der Waals surface area contributed by atoms with Crippen LogP contribution in [0.5, 0.6) is 5.75 Å². The van der Waals surface area contributed by atoms with Gasteiger partial charge in [0.25, 0.3) is 0 Å². The third-order valence-electron chi connectivity index (χ3n) is 2.98. The van der Waals surface area contributed by atoms with Crippen molar-refractivity contribution in [2.24, 2.45) is 0 Å². The van der Waals surface area contributed by atoms with Crippen molar-refractivity contribution in [3.05, 3.63) is 57.3 Å². The zero-order valence-corrected chi connectivity index (χ0v) is 12.4. The Kier molecular flexibility index (Phi) is 4.10. The Balaban J connectivity index is 2.22. The van der Waals surface area contributed by atoms with Crippen LogP contribution in [0.4, 0.5) is 10.1 Å². The number of nitrogens with two attached hydrogens (primary N) is 1. The zero-order chi connectivity index (χ0) is 14.0. The molecule has 0 saturated carbocycles. The second-order valence-electron chi connectivity index (χ2n) is 4.46. The Hall–Kier alpha value is -1.55. The quantitative estimate of drug-likeness (QED) is 0.851. The Morgan fingerprint density at radius 2 is 1.95 bits per heavy atom. The first kappa shape index (κ1) is 13.9. The molecule has 0 aliphatic carbocycles. The van der Waals surface area contributed by atoms with E-state index in [1.807, 2.05) is 25.1 Å². The van der Waals surface area contributed by atoms with Crippen molar-refractivity contribution in [1.82, 2.24) is 0 Å². The molecule has 0 fully saturated rings. The average molecular weight is 324 g/mol. The molecule has 0 amide bonds. The van der Waals surface area contributed by atoms with Crippen molar-refractivity contribution in [3.8, 4) is 5.75 Å². The summed E-state index contributed by atoms with van der Waals surface area (Å²) in [4.78, 5) is 0. The molecule has 0 aliphatic rings. The molecule has 2 aromatic carbocycles. The van der Waals surface area contributed by atoms with Crippen molar-refractivity contribution in [2.45, 2.75) is 20.5 Å². The molecule has 100 valence electrons. The van der Waals surface area contributed by atoms with Crippen LogP contribution in [0.2, 0.25) is 0 Å². The molecule has 0 heterocycles. The predicted molar refractivity (Wildman–Crippen MR) is 78.8 cm³/mol. The summed E-state index contributed by atoms with van der Waals surface area (Å²) in [5.41, 5.74) is 8.93. The molecule has 2 rings (SSSR count). The lowest BCUT2D eigenvalue weighted by Gasteiger charge is -2.13. The van der Waals surface area contributed by atoms with E-state index in [0.29, 0.717) is 23.6 Å². The van der Waals surface area contributed by atoms with Crippen LogP contribution < -0.4 is 10.5 Å². The van der Waals surface area contributed by atoms with Crippen LogP contribution in [0.3, 0.4) is 0 Å². The van der Waals surface area contributed by atoms with E-state index >= 15 is 0 Å². The van der Waals surface area contributed by atoms with Crippen LogP contribution in [0.1, 0.15) is 16.7 Å². The number of nitrogen functional groups attached to an aromatic ring is 1. The molecule has 0 atom stereocenters. The first-order chi connectivity index (χ1) is 8.99. The number of benzene rings is 2. The lowest BCUT2D eigenvalue weighted by atomic mass is 10.1. The maximum atomic E-state index is 13.5.